The van der Waals surface area contributed by atoms with E-state index in [4.69, 9.17) is 21.4 Å². The van der Waals surface area contributed by atoms with Crippen molar-refractivity contribution in [3.63, 3.8) is 0 Å². The van der Waals surface area contributed by atoms with Crippen LogP contribution in [0.5, 0.6) is 11.5 Å². The minimum Gasteiger partial charge on any atom is -0.508 e. The molecule has 6 N–H and O–H groups in total. The van der Waals surface area contributed by atoms with Gasteiger partial charge >= 0.3 is 0 Å². The average molecular weight is 307 g/mol. The number of hydrogen-bond acceptors (Lipinski definition) is 7. The number of aliphatic hydroxyl groups excluding tert-OH is 4. The standard InChI is InChI=1S/C12H15ClO7/c13-6-2-4(15)1-5(8(6)16)12-11(19)10(18)9(17)7(3-14)20-12/h1-2,7,9-12,14-19H,3H2/t7-,9-,10+,11-,12+/m1/s1. The molecule has 0 radical (unpaired) electrons. The fourth-order valence-corrected chi connectivity index (χ4v) is 2.40. The molecule has 1 heterocycles. The molecule has 1 aliphatic rings. The van der Waals surface area contributed by atoms with Crippen molar-refractivity contribution in [2.24, 2.45) is 0 Å². The van der Waals surface area contributed by atoms with E-state index < -0.39 is 42.9 Å². The lowest BCUT2D eigenvalue weighted by Crippen LogP contribution is -2.55. The lowest BCUT2D eigenvalue weighted by Gasteiger charge is -2.40. The second kappa shape index (κ2) is 5.72. The number of rotatable bonds is 2. The largest absolute Gasteiger partial charge is 0.508 e. The van der Waals surface area contributed by atoms with Gasteiger partial charge in [-0.05, 0) is 6.07 Å². The van der Waals surface area contributed by atoms with E-state index in [9.17, 15) is 25.5 Å². The summed E-state index contributed by atoms with van der Waals surface area (Å²) in [5.74, 6) is -0.687. The molecule has 0 unspecified atom stereocenters. The zero-order chi connectivity index (χ0) is 15.0. The van der Waals surface area contributed by atoms with Crippen LogP contribution in [0, 0.1) is 0 Å². The Morgan fingerprint density at radius 1 is 1.05 bits per heavy atom. The van der Waals surface area contributed by atoms with E-state index in [0.29, 0.717) is 0 Å². The highest BCUT2D eigenvalue weighted by Crippen LogP contribution is 2.41. The minimum absolute atomic E-state index is 0.0492. The lowest BCUT2D eigenvalue weighted by atomic mass is 9.91. The minimum atomic E-state index is -1.58. The molecule has 1 fully saturated rings. The van der Waals surface area contributed by atoms with Gasteiger partial charge < -0.3 is 35.4 Å². The molecule has 1 aliphatic heterocycles. The Kier molecular flexibility index (Phi) is 4.38. The maximum absolute atomic E-state index is 9.93. The van der Waals surface area contributed by atoms with Crippen LogP contribution in [-0.4, -0.2) is 61.7 Å². The third kappa shape index (κ3) is 2.56. The number of phenols is 2. The Bertz CT molecular complexity index is 493. The van der Waals surface area contributed by atoms with Crippen molar-refractivity contribution >= 4 is 11.6 Å². The second-order valence-corrected chi connectivity index (χ2v) is 5.02. The van der Waals surface area contributed by atoms with E-state index in [2.05, 4.69) is 0 Å². The van der Waals surface area contributed by atoms with Gasteiger partial charge in [0.2, 0.25) is 0 Å². The summed E-state index contributed by atoms with van der Waals surface area (Å²) in [5.41, 5.74) is -0.0492. The van der Waals surface area contributed by atoms with Crippen LogP contribution in [0.15, 0.2) is 12.1 Å². The first-order chi connectivity index (χ1) is 9.36. The molecule has 0 spiro atoms. The molecule has 0 bridgehead atoms. The second-order valence-electron chi connectivity index (χ2n) is 4.61. The third-order valence-electron chi connectivity index (χ3n) is 3.28. The molecular weight excluding hydrogens is 292 g/mol. The number of halogens is 1. The van der Waals surface area contributed by atoms with Crippen LogP contribution in [0.25, 0.3) is 0 Å². The number of hydrogen-bond donors (Lipinski definition) is 6. The molecule has 1 aromatic rings. The van der Waals surface area contributed by atoms with Crippen LogP contribution in [0.2, 0.25) is 5.02 Å². The quantitative estimate of drug-likeness (QED) is 0.397. The number of ether oxygens (including phenoxy) is 1. The third-order valence-corrected chi connectivity index (χ3v) is 3.56. The van der Waals surface area contributed by atoms with Crippen molar-refractivity contribution in [3.8, 4) is 11.5 Å². The van der Waals surface area contributed by atoms with Crippen LogP contribution in [0.3, 0.4) is 0 Å². The average Bonchev–Trinajstić information content (AvgIpc) is 2.41. The fraction of sp³-hybridized carbons (Fsp3) is 0.500. The van der Waals surface area contributed by atoms with Crippen molar-refractivity contribution < 1.29 is 35.4 Å². The summed E-state index contributed by atoms with van der Waals surface area (Å²) < 4.78 is 5.27. The van der Waals surface area contributed by atoms with Gasteiger partial charge in [-0.1, -0.05) is 11.6 Å². The Morgan fingerprint density at radius 3 is 2.30 bits per heavy atom. The molecule has 0 amide bonds. The summed E-state index contributed by atoms with van der Waals surface area (Å²) in [5, 5.41) is 57.6. The van der Waals surface area contributed by atoms with Crippen LogP contribution >= 0.6 is 11.6 Å². The Balaban J connectivity index is 2.41. The fourth-order valence-electron chi connectivity index (χ4n) is 2.18. The van der Waals surface area contributed by atoms with Gasteiger partial charge in [-0.2, -0.15) is 0 Å². The van der Waals surface area contributed by atoms with Gasteiger partial charge in [0.05, 0.1) is 11.6 Å². The molecule has 0 aromatic heterocycles. The van der Waals surface area contributed by atoms with Crippen LogP contribution in [0.4, 0.5) is 0 Å². The first-order valence-electron chi connectivity index (χ1n) is 5.88. The molecule has 112 valence electrons. The van der Waals surface area contributed by atoms with Crippen molar-refractivity contribution in [1.82, 2.24) is 0 Å². The van der Waals surface area contributed by atoms with E-state index >= 15 is 0 Å². The van der Waals surface area contributed by atoms with Crippen molar-refractivity contribution in [2.45, 2.75) is 30.5 Å². The van der Waals surface area contributed by atoms with Gasteiger partial charge in [-0.3, -0.25) is 0 Å². The van der Waals surface area contributed by atoms with Gasteiger partial charge in [0, 0.05) is 11.6 Å². The maximum Gasteiger partial charge on any atom is 0.140 e. The summed E-state index contributed by atoms with van der Waals surface area (Å²) >= 11 is 5.71. The molecule has 7 nitrogen and oxygen atoms in total. The molecule has 20 heavy (non-hydrogen) atoms. The van der Waals surface area contributed by atoms with E-state index in [1.54, 1.807) is 0 Å². The summed E-state index contributed by atoms with van der Waals surface area (Å²) in [6.45, 7) is -0.589. The number of benzene rings is 1. The zero-order valence-electron chi connectivity index (χ0n) is 10.2. The molecule has 5 atom stereocenters. The van der Waals surface area contributed by atoms with Gasteiger partial charge in [0.15, 0.2) is 0 Å². The molecule has 1 saturated heterocycles. The topological polar surface area (TPSA) is 131 Å². The number of aliphatic hydroxyl groups is 4. The normalized spacial score (nSPS) is 34.1. The van der Waals surface area contributed by atoms with E-state index in [-0.39, 0.29) is 16.3 Å². The summed E-state index contributed by atoms with van der Waals surface area (Å²) in [6.07, 6.45) is -7.00. The monoisotopic (exact) mass is 306 g/mol. The predicted octanol–water partition coefficient (Wildman–Crippen LogP) is -0.734. The first-order valence-corrected chi connectivity index (χ1v) is 6.26. The predicted molar refractivity (Wildman–Crippen MR) is 67.5 cm³/mol. The Morgan fingerprint density at radius 2 is 1.70 bits per heavy atom. The van der Waals surface area contributed by atoms with Crippen molar-refractivity contribution in [2.75, 3.05) is 6.61 Å². The van der Waals surface area contributed by atoms with Gasteiger partial charge in [0.25, 0.3) is 0 Å². The SMILES string of the molecule is OC[C@H]1O[C@@H](c2cc(O)cc(Cl)c2O)[C@H](O)[C@@H](O)[C@@H]1O. The van der Waals surface area contributed by atoms with Crippen molar-refractivity contribution in [3.05, 3.63) is 22.7 Å². The maximum atomic E-state index is 9.93. The Labute approximate surface area is 119 Å². The molecule has 0 aliphatic carbocycles. The molecule has 1 aromatic carbocycles. The van der Waals surface area contributed by atoms with E-state index in [0.717, 1.165) is 12.1 Å². The molecule has 2 rings (SSSR count). The van der Waals surface area contributed by atoms with Crippen molar-refractivity contribution in [1.29, 1.82) is 0 Å². The van der Waals surface area contributed by atoms with E-state index in [1.165, 1.54) is 0 Å². The number of aromatic hydroxyl groups is 2. The van der Waals surface area contributed by atoms with Gasteiger partial charge in [0.1, 0.15) is 42.0 Å². The van der Waals surface area contributed by atoms with Crippen LogP contribution < -0.4 is 0 Å². The number of phenolic OH excluding ortho intramolecular Hbond substituents is 2. The molecule has 0 saturated carbocycles. The first kappa shape index (κ1) is 15.3. The Hall–Kier alpha value is -1.09. The van der Waals surface area contributed by atoms with Gasteiger partial charge in [-0.25, -0.2) is 0 Å². The summed E-state index contributed by atoms with van der Waals surface area (Å²) in [6, 6.07) is 2.22. The molecular formula is C12H15ClO7. The lowest BCUT2D eigenvalue weighted by molar-refractivity contribution is -0.232. The summed E-state index contributed by atoms with van der Waals surface area (Å²) in [4.78, 5) is 0. The highest BCUT2D eigenvalue weighted by atomic mass is 35.5. The summed E-state index contributed by atoms with van der Waals surface area (Å²) in [7, 11) is 0. The van der Waals surface area contributed by atoms with Gasteiger partial charge in [-0.15, -0.1) is 0 Å². The van der Waals surface area contributed by atoms with Crippen LogP contribution in [0.1, 0.15) is 11.7 Å². The highest BCUT2D eigenvalue weighted by molar-refractivity contribution is 6.32. The molecule has 8 heteroatoms. The zero-order valence-corrected chi connectivity index (χ0v) is 11.0. The smallest absolute Gasteiger partial charge is 0.140 e. The van der Waals surface area contributed by atoms with E-state index in [1.807, 2.05) is 0 Å². The highest BCUT2D eigenvalue weighted by Gasteiger charge is 2.45. The van der Waals surface area contributed by atoms with Crippen LogP contribution in [-0.2, 0) is 4.74 Å².